The van der Waals surface area contributed by atoms with Crippen LogP contribution in [0.2, 0.25) is 0 Å². The van der Waals surface area contributed by atoms with Gasteiger partial charge in [0.2, 0.25) is 0 Å². The minimum absolute atomic E-state index is 0.119. The van der Waals surface area contributed by atoms with Gasteiger partial charge in [0.15, 0.2) is 0 Å². The number of hydrogen-bond acceptors (Lipinski definition) is 3. The first-order valence-electron chi connectivity index (χ1n) is 9.20. The first-order chi connectivity index (χ1) is 13.8. The number of alkyl halides is 3. The third kappa shape index (κ3) is 3.32. The molecule has 1 fully saturated rings. The largest absolute Gasteiger partial charge is 0.481 e. The maximum atomic E-state index is 13.4. The third-order valence-corrected chi connectivity index (χ3v) is 5.62. The zero-order valence-electron chi connectivity index (χ0n) is 15.2. The van der Waals surface area contributed by atoms with Crippen LogP contribution in [0.15, 0.2) is 48.5 Å². The summed E-state index contributed by atoms with van der Waals surface area (Å²) in [4.78, 5) is 24.1. The van der Waals surface area contributed by atoms with E-state index in [1.807, 2.05) is 48.5 Å². The van der Waals surface area contributed by atoms with Crippen LogP contribution in [0.5, 0.6) is 0 Å². The van der Waals surface area contributed by atoms with Crippen molar-refractivity contribution >= 4 is 12.1 Å². The van der Waals surface area contributed by atoms with Gasteiger partial charge >= 0.3 is 18.2 Å². The van der Waals surface area contributed by atoms with Gasteiger partial charge in [-0.05, 0) is 28.7 Å². The number of benzene rings is 2. The summed E-state index contributed by atoms with van der Waals surface area (Å²) in [7, 11) is 0. The van der Waals surface area contributed by atoms with E-state index in [1.54, 1.807) is 0 Å². The quantitative estimate of drug-likeness (QED) is 0.828. The molecular weight excluding hydrogens is 387 g/mol. The summed E-state index contributed by atoms with van der Waals surface area (Å²) >= 11 is 0. The number of likely N-dealkylation sites (tertiary alicyclic amines) is 1. The molecule has 1 amide bonds. The van der Waals surface area contributed by atoms with Gasteiger partial charge in [0.25, 0.3) is 0 Å². The molecule has 2 aromatic carbocycles. The van der Waals surface area contributed by atoms with Gasteiger partial charge in [0, 0.05) is 12.5 Å². The van der Waals surface area contributed by atoms with Gasteiger partial charge < -0.3 is 9.84 Å². The molecule has 8 heteroatoms. The average molecular weight is 405 g/mol. The van der Waals surface area contributed by atoms with Crippen molar-refractivity contribution in [2.45, 2.75) is 24.6 Å². The number of carbonyl (C=O) groups excluding carboxylic acids is 1. The van der Waals surface area contributed by atoms with Crippen LogP contribution in [-0.2, 0) is 9.53 Å². The Hall–Kier alpha value is -3.03. The molecule has 0 spiro atoms. The van der Waals surface area contributed by atoms with E-state index < -0.39 is 30.2 Å². The lowest BCUT2D eigenvalue weighted by molar-refractivity contribution is -0.188. The number of carbonyl (C=O) groups is 2. The minimum atomic E-state index is -4.84. The highest BCUT2D eigenvalue weighted by Gasteiger charge is 2.56. The number of fused-ring (bicyclic) bond motifs is 3. The van der Waals surface area contributed by atoms with Gasteiger partial charge in [-0.15, -0.1) is 0 Å². The lowest BCUT2D eigenvalue weighted by Gasteiger charge is -2.28. The molecule has 4 rings (SSSR count). The maximum absolute atomic E-state index is 13.4. The fraction of sp³-hybridized carbons (Fsp3) is 0.333. The number of rotatable bonds is 3. The summed E-state index contributed by atoms with van der Waals surface area (Å²) in [6.45, 7) is -0.427. The predicted octanol–water partition coefficient (Wildman–Crippen LogP) is 4.27. The van der Waals surface area contributed by atoms with Crippen LogP contribution in [0.3, 0.4) is 0 Å². The zero-order valence-corrected chi connectivity index (χ0v) is 15.2. The molecule has 29 heavy (non-hydrogen) atoms. The molecule has 0 unspecified atom stereocenters. The SMILES string of the molecule is O=C(O)[C@@H]1CCN(C(=O)OCC2c3ccccc3-c3ccccc32)[C@@H]1C(F)(F)F. The fourth-order valence-electron chi connectivity index (χ4n) is 4.34. The minimum Gasteiger partial charge on any atom is -0.481 e. The fourth-order valence-corrected chi connectivity index (χ4v) is 4.34. The summed E-state index contributed by atoms with van der Waals surface area (Å²) in [6, 6.07) is 12.8. The second kappa shape index (κ2) is 7.09. The monoisotopic (exact) mass is 405 g/mol. The van der Waals surface area contributed by atoms with Crippen LogP contribution in [0.1, 0.15) is 23.5 Å². The standard InChI is InChI=1S/C21H18F3NO4/c22-21(23,24)18-16(19(26)27)9-10-25(18)20(28)29-11-17-14-7-3-1-5-12(14)13-6-2-4-8-15(13)17/h1-8,16-18H,9-11H2,(H,26,27)/t16-,18+/m1/s1. The Morgan fingerprint density at radius 3 is 2.10 bits per heavy atom. The third-order valence-electron chi connectivity index (χ3n) is 5.62. The van der Waals surface area contributed by atoms with E-state index in [9.17, 15) is 22.8 Å². The van der Waals surface area contributed by atoms with E-state index in [0.29, 0.717) is 4.90 Å². The predicted molar refractivity (Wildman–Crippen MR) is 97.4 cm³/mol. The van der Waals surface area contributed by atoms with Gasteiger partial charge in [-0.25, -0.2) is 4.79 Å². The number of nitrogens with zero attached hydrogens (tertiary/aromatic N) is 1. The Kier molecular flexibility index (Phi) is 4.72. The van der Waals surface area contributed by atoms with Crippen molar-refractivity contribution in [2.24, 2.45) is 5.92 Å². The highest BCUT2D eigenvalue weighted by Crippen LogP contribution is 2.45. The van der Waals surface area contributed by atoms with Crippen molar-refractivity contribution in [1.29, 1.82) is 0 Å². The first kappa shape index (κ1) is 19.3. The highest BCUT2D eigenvalue weighted by atomic mass is 19.4. The van der Waals surface area contributed by atoms with Gasteiger partial charge in [0.1, 0.15) is 12.6 Å². The van der Waals surface area contributed by atoms with Crippen molar-refractivity contribution in [3.8, 4) is 11.1 Å². The van der Waals surface area contributed by atoms with Gasteiger partial charge in [-0.2, -0.15) is 13.2 Å². The van der Waals surface area contributed by atoms with E-state index >= 15 is 0 Å². The summed E-state index contributed by atoms with van der Waals surface area (Å²) in [6.07, 6.45) is -6.24. The second-order valence-corrected chi connectivity index (χ2v) is 7.22. The number of hydrogen-bond donors (Lipinski definition) is 1. The van der Waals surface area contributed by atoms with Crippen molar-refractivity contribution in [3.63, 3.8) is 0 Å². The smallest absolute Gasteiger partial charge is 0.410 e. The molecule has 1 saturated heterocycles. The molecule has 1 N–H and O–H groups in total. The molecule has 1 aliphatic carbocycles. The number of carboxylic acid groups (broad SMARTS) is 1. The van der Waals surface area contributed by atoms with Crippen LogP contribution in [-0.4, -0.2) is 47.4 Å². The molecule has 152 valence electrons. The molecule has 0 bridgehead atoms. The van der Waals surface area contributed by atoms with Crippen LogP contribution >= 0.6 is 0 Å². The van der Waals surface area contributed by atoms with E-state index in [2.05, 4.69) is 0 Å². The van der Waals surface area contributed by atoms with Gasteiger partial charge in [-0.1, -0.05) is 48.5 Å². The maximum Gasteiger partial charge on any atom is 0.410 e. The summed E-state index contributed by atoms with van der Waals surface area (Å²) in [5, 5.41) is 9.09. The lowest BCUT2D eigenvalue weighted by Crippen LogP contribution is -2.49. The van der Waals surface area contributed by atoms with Crippen molar-refractivity contribution < 1.29 is 32.6 Å². The van der Waals surface area contributed by atoms with E-state index in [0.717, 1.165) is 22.3 Å². The number of halogens is 3. The van der Waals surface area contributed by atoms with E-state index in [1.165, 1.54) is 0 Å². The molecule has 0 saturated carbocycles. The average Bonchev–Trinajstić information content (AvgIpc) is 3.27. The molecule has 1 heterocycles. The van der Waals surface area contributed by atoms with Crippen molar-refractivity contribution in [1.82, 2.24) is 4.90 Å². The molecule has 2 atom stereocenters. The Morgan fingerprint density at radius 1 is 1.03 bits per heavy atom. The van der Waals surface area contributed by atoms with Gasteiger partial charge in [-0.3, -0.25) is 9.69 Å². The highest BCUT2D eigenvalue weighted by molar-refractivity contribution is 5.79. The molecular formula is C21H18F3NO4. The topological polar surface area (TPSA) is 66.8 Å². The summed E-state index contributed by atoms with van der Waals surface area (Å²) in [5.41, 5.74) is 3.89. The number of amides is 1. The molecule has 1 aliphatic heterocycles. The van der Waals surface area contributed by atoms with E-state index in [-0.39, 0.29) is 25.5 Å². The zero-order chi connectivity index (χ0) is 20.8. The van der Waals surface area contributed by atoms with Crippen molar-refractivity contribution in [3.05, 3.63) is 59.7 Å². The van der Waals surface area contributed by atoms with Gasteiger partial charge in [0.05, 0.1) is 5.92 Å². The molecule has 0 aromatic heterocycles. The Labute approximate surface area is 164 Å². The molecule has 5 nitrogen and oxygen atoms in total. The lowest BCUT2D eigenvalue weighted by atomic mass is 9.98. The first-order valence-corrected chi connectivity index (χ1v) is 9.20. The molecule has 2 aliphatic rings. The van der Waals surface area contributed by atoms with Crippen LogP contribution in [0.4, 0.5) is 18.0 Å². The van der Waals surface area contributed by atoms with E-state index in [4.69, 9.17) is 9.84 Å². The van der Waals surface area contributed by atoms with Crippen LogP contribution in [0.25, 0.3) is 11.1 Å². The molecule has 2 aromatic rings. The van der Waals surface area contributed by atoms with Crippen LogP contribution in [0, 0.1) is 5.92 Å². The Bertz CT molecular complexity index is 913. The number of ether oxygens (including phenoxy) is 1. The molecule has 0 radical (unpaired) electrons. The van der Waals surface area contributed by atoms with Crippen LogP contribution < -0.4 is 0 Å². The van der Waals surface area contributed by atoms with Crippen molar-refractivity contribution in [2.75, 3.05) is 13.2 Å². The number of aliphatic carboxylic acids is 1. The normalized spacial score (nSPS) is 21.0. The Balaban J connectivity index is 1.54. The summed E-state index contributed by atoms with van der Waals surface area (Å²) in [5.74, 6) is -3.54. The number of carboxylic acids is 1. The second-order valence-electron chi connectivity index (χ2n) is 7.22. The summed E-state index contributed by atoms with van der Waals surface area (Å²) < 4.78 is 45.5. The Morgan fingerprint density at radius 2 is 1.59 bits per heavy atom.